The van der Waals surface area contributed by atoms with Gasteiger partial charge in [-0.3, -0.25) is 14.4 Å². The van der Waals surface area contributed by atoms with Crippen LogP contribution in [0.25, 0.3) is 0 Å². The van der Waals surface area contributed by atoms with Gasteiger partial charge in [0, 0.05) is 44.4 Å². The highest BCUT2D eigenvalue weighted by Gasteiger charge is 2.33. The topological polar surface area (TPSA) is 166 Å². The first-order valence-electron chi connectivity index (χ1n) is 13.1. The molecule has 0 aromatic carbocycles. The number of fused-ring (bicyclic) bond motifs is 2. The van der Waals surface area contributed by atoms with Crippen LogP contribution in [-0.4, -0.2) is 74.4 Å². The lowest BCUT2D eigenvalue weighted by molar-refractivity contribution is -0.120. The fourth-order valence-electron chi connectivity index (χ4n) is 4.86. The predicted octanol–water partition coefficient (Wildman–Crippen LogP) is 2.43. The van der Waals surface area contributed by atoms with Crippen molar-refractivity contribution in [2.75, 3.05) is 21.3 Å². The van der Waals surface area contributed by atoms with Gasteiger partial charge in [0.15, 0.2) is 6.10 Å². The quantitative estimate of drug-likeness (QED) is 0.255. The van der Waals surface area contributed by atoms with Gasteiger partial charge in [-0.15, -0.1) is 0 Å². The van der Waals surface area contributed by atoms with Gasteiger partial charge in [0.25, 0.3) is 5.91 Å². The molecule has 5 N–H and O–H groups in total. The summed E-state index contributed by atoms with van der Waals surface area (Å²) in [5, 5.41) is 16.5. The van der Waals surface area contributed by atoms with Gasteiger partial charge >= 0.3 is 6.09 Å². The molecule has 2 rings (SSSR count). The van der Waals surface area contributed by atoms with Crippen molar-refractivity contribution in [1.29, 1.82) is 0 Å². The number of aliphatic hydroxyl groups is 1. The lowest BCUT2D eigenvalue weighted by atomic mass is 9.85. The number of likely N-dealkylation sites (N-methyl/N-ethyl adjacent to an activating group) is 1. The van der Waals surface area contributed by atoms with E-state index in [0.29, 0.717) is 12.0 Å². The number of methoxy groups -OCH3 is 2. The number of Topliss-reactive ketones (excluding diaryl/α,β-unsaturated/α-hetero) is 1. The number of ether oxygens (including phenoxy) is 3. The minimum absolute atomic E-state index is 0. The number of hydrogen-bond acceptors (Lipinski definition) is 9. The predicted molar refractivity (Wildman–Crippen MR) is 190 cm³/mol. The second kappa shape index (κ2) is 21.6. The highest BCUT2D eigenvalue weighted by atomic mass is 32.1. The Labute approximate surface area is 287 Å². The van der Waals surface area contributed by atoms with Gasteiger partial charge in [0.2, 0.25) is 11.6 Å². The number of ketones is 2. The molecule has 1 heterocycles. The molecule has 252 valence electrons. The van der Waals surface area contributed by atoms with Crippen molar-refractivity contribution in [2.24, 2.45) is 17.6 Å². The Bertz CT molecular complexity index is 1170. The van der Waals surface area contributed by atoms with Crippen LogP contribution < -0.4 is 16.4 Å². The molecule has 1 aliphatic carbocycles. The first kappa shape index (κ1) is 46.3. The fraction of sp³-hybridized carbons (Fsp3) is 0.517. The molecule has 2 bridgehead atoms. The number of nitrogens with one attached hydrogen (secondary N) is 2. The molecule has 1 aliphatic heterocycles. The Morgan fingerprint density at radius 3 is 2.20 bits per heavy atom. The minimum Gasteiger partial charge on any atom is -0.439 e. The van der Waals surface area contributed by atoms with Crippen molar-refractivity contribution >= 4 is 77.5 Å². The van der Waals surface area contributed by atoms with Crippen LogP contribution in [0, 0.1) is 11.8 Å². The summed E-state index contributed by atoms with van der Waals surface area (Å²) in [6.07, 6.45) is 3.86. The van der Waals surface area contributed by atoms with Gasteiger partial charge in [-0.25, -0.2) is 4.79 Å². The van der Waals surface area contributed by atoms with Gasteiger partial charge in [-0.05, 0) is 38.2 Å². The number of primary amides is 1. The number of amides is 2. The summed E-state index contributed by atoms with van der Waals surface area (Å²) in [5.41, 5.74) is 6.47. The first-order valence-corrected chi connectivity index (χ1v) is 13.1. The largest absolute Gasteiger partial charge is 0.439 e. The zero-order valence-corrected chi connectivity index (χ0v) is 30.1. The van der Waals surface area contributed by atoms with Crippen molar-refractivity contribution in [3.63, 3.8) is 0 Å². The zero-order chi connectivity index (χ0) is 30.1. The molecular weight excluding hydrogens is 647 g/mol. The van der Waals surface area contributed by atoms with E-state index in [9.17, 15) is 24.3 Å². The average Bonchev–Trinajstić information content (AvgIpc) is 2.90. The van der Waals surface area contributed by atoms with Crippen LogP contribution in [0.3, 0.4) is 0 Å². The zero-order valence-electron chi connectivity index (χ0n) is 26.1. The Hall–Kier alpha value is -2.14. The summed E-state index contributed by atoms with van der Waals surface area (Å²) in [4.78, 5) is 50.7. The Morgan fingerprint density at radius 2 is 1.68 bits per heavy atom. The van der Waals surface area contributed by atoms with E-state index in [-0.39, 0.29) is 88.9 Å². The van der Waals surface area contributed by atoms with Crippen LogP contribution in [0.1, 0.15) is 40.5 Å². The molecule has 0 aromatic heterocycles. The Morgan fingerprint density at radius 1 is 1.07 bits per heavy atom. The third-order valence-electron chi connectivity index (χ3n) is 7.04. The van der Waals surface area contributed by atoms with Gasteiger partial charge in [0.1, 0.15) is 6.10 Å². The molecular formula is C29H49N3O8S4. The SMILES string of the molecule is CNC1=C2C[C@@H](C)C[C@H](OC)[C@H](O)[C@@H](C)/C=C(\C)[C@H](OC(N)=O)[C@@H](OC)/C=C\C=C(/C)C(=O)NC(=CC1=O)C2=O.S.S.S.S. The van der Waals surface area contributed by atoms with E-state index in [4.69, 9.17) is 19.9 Å². The highest BCUT2D eigenvalue weighted by Crippen LogP contribution is 2.28. The maximum atomic E-state index is 13.4. The molecule has 15 heteroatoms. The first-order chi connectivity index (χ1) is 18.8. The summed E-state index contributed by atoms with van der Waals surface area (Å²) < 4.78 is 16.5. The van der Waals surface area contributed by atoms with Crippen LogP contribution in [0.4, 0.5) is 4.79 Å². The maximum Gasteiger partial charge on any atom is 0.405 e. The number of rotatable bonds is 4. The van der Waals surface area contributed by atoms with Crippen molar-refractivity contribution in [3.05, 3.63) is 58.5 Å². The summed E-state index contributed by atoms with van der Waals surface area (Å²) in [6, 6.07) is 0. The van der Waals surface area contributed by atoms with Crippen molar-refractivity contribution < 1.29 is 38.5 Å². The molecule has 11 nitrogen and oxygen atoms in total. The number of nitrogens with two attached hydrogens (primary N) is 1. The molecule has 0 saturated carbocycles. The summed E-state index contributed by atoms with van der Waals surface area (Å²) >= 11 is 0. The molecule has 0 radical (unpaired) electrons. The van der Waals surface area contributed by atoms with E-state index >= 15 is 0 Å². The van der Waals surface area contributed by atoms with Crippen LogP contribution in [0.5, 0.6) is 0 Å². The molecule has 0 spiro atoms. The van der Waals surface area contributed by atoms with Crippen LogP contribution >= 0.6 is 54.0 Å². The lowest BCUT2D eigenvalue weighted by Gasteiger charge is -2.30. The van der Waals surface area contributed by atoms with E-state index in [0.717, 1.165) is 6.08 Å². The van der Waals surface area contributed by atoms with Gasteiger partial charge in [0.05, 0.1) is 23.6 Å². The van der Waals surface area contributed by atoms with E-state index in [1.807, 2.05) is 6.92 Å². The molecule has 2 amide bonds. The summed E-state index contributed by atoms with van der Waals surface area (Å²) in [6.45, 7) is 6.98. The maximum absolute atomic E-state index is 13.4. The number of allylic oxidation sites excluding steroid dienone is 4. The third-order valence-corrected chi connectivity index (χ3v) is 7.04. The van der Waals surface area contributed by atoms with Crippen molar-refractivity contribution in [3.8, 4) is 0 Å². The van der Waals surface area contributed by atoms with E-state index in [1.54, 1.807) is 46.0 Å². The second-order valence-corrected chi connectivity index (χ2v) is 10.2. The second-order valence-electron chi connectivity index (χ2n) is 10.2. The van der Waals surface area contributed by atoms with E-state index in [1.165, 1.54) is 20.3 Å². The minimum atomic E-state index is -0.997. The highest BCUT2D eigenvalue weighted by molar-refractivity contribution is 7.59. The third kappa shape index (κ3) is 12.3. The van der Waals surface area contributed by atoms with E-state index in [2.05, 4.69) is 10.6 Å². The summed E-state index contributed by atoms with van der Waals surface area (Å²) in [7, 11) is 4.48. The Balaban J connectivity index is -0.00000420. The van der Waals surface area contributed by atoms with Gasteiger partial charge in [-0.1, -0.05) is 38.2 Å². The Kier molecular flexibility index (Phi) is 22.7. The standard InChI is InChI=1S/C29H41N3O8.4H2S/c1-15-11-19-24(31-5)21(33)14-20(26(19)35)32-28(36)16(2)9-8-10-22(38-6)27(40-29(30)37)18(4)13-17(3)25(34)23(12-15)39-7;;;;/h8-10,13-15,17,22-23,25,27,31,34H,11-12H2,1-7H3,(H2,30,37)(H,32,36);4*1H2/b10-8-,16-9+,18-13+;;;;/t15-,17+,22+,23+,25-,27+;;;;/m1..../s1. The van der Waals surface area contributed by atoms with Crippen LogP contribution in [0.2, 0.25) is 0 Å². The average molecular weight is 696 g/mol. The smallest absolute Gasteiger partial charge is 0.405 e. The number of carbonyl (C=O) groups excluding carboxylic acids is 4. The van der Waals surface area contributed by atoms with Crippen LogP contribution in [0.15, 0.2) is 58.5 Å². The lowest BCUT2D eigenvalue weighted by Crippen LogP contribution is -2.37. The summed E-state index contributed by atoms with van der Waals surface area (Å²) in [5.74, 6) is -2.06. The molecule has 0 fully saturated rings. The molecule has 0 unspecified atom stereocenters. The monoisotopic (exact) mass is 695 g/mol. The van der Waals surface area contributed by atoms with E-state index < -0.39 is 53.9 Å². The van der Waals surface area contributed by atoms with Gasteiger partial charge < -0.3 is 35.7 Å². The molecule has 0 aromatic rings. The van der Waals surface area contributed by atoms with Gasteiger partial charge in [-0.2, -0.15) is 54.0 Å². The fourth-order valence-corrected chi connectivity index (χ4v) is 4.86. The molecule has 0 saturated heterocycles. The van der Waals surface area contributed by atoms with Crippen LogP contribution in [-0.2, 0) is 28.6 Å². The molecule has 2 aliphatic rings. The number of hydrogen-bond donors (Lipinski definition) is 4. The normalized spacial score (nSPS) is 29.7. The molecule has 44 heavy (non-hydrogen) atoms. The van der Waals surface area contributed by atoms with Crippen molar-refractivity contribution in [2.45, 2.75) is 65.0 Å². The van der Waals surface area contributed by atoms with Crippen molar-refractivity contribution in [1.82, 2.24) is 10.6 Å². The molecule has 6 atom stereocenters. The number of aliphatic hydroxyl groups excluding tert-OH is 1. The number of carbonyl (C=O) groups is 4.